The molecule has 0 aromatic heterocycles. The van der Waals surface area contributed by atoms with Crippen molar-refractivity contribution in [2.24, 2.45) is 0 Å². The van der Waals surface area contributed by atoms with Crippen molar-refractivity contribution in [1.29, 1.82) is 0 Å². The normalized spacial score (nSPS) is 10.4. The van der Waals surface area contributed by atoms with Gasteiger partial charge in [-0.2, -0.15) is 0 Å². The maximum atomic E-state index is 12.7. The van der Waals surface area contributed by atoms with Crippen LogP contribution in [0.25, 0.3) is 0 Å². The van der Waals surface area contributed by atoms with Gasteiger partial charge in [0.15, 0.2) is 0 Å². The number of nitrogens with zero attached hydrogens (tertiary/aromatic N) is 1. The lowest BCUT2D eigenvalue weighted by Gasteiger charge is -2.20. The molecule has 2 rings (SSSR count). The third-order valence-corrected chi connectivity index (χ3v) is 3.48. The van der Waals surface area contributed by atoms with E-state index in [1.54, 1.807) is 24.1 Å². The fraction of sp³-hybridized carbons (Fsp3) is 0.235. The standard InChI is InChI=1S/C17H20N2O/c1-11-9-12(2)16(13(3)10-11)17(20)19(4)15-7-5-14(18)6-8-15/h5-10H,18H2,1-4H3. The average Bonchev–Trinajstić information content (AvgIpc) is 2.37. The molecule has 2 aromatic rings. The molecule has 0 saturated carbocycles. The molecule has 0 aliphatic carbocycles. The van der Waals surface area contributed by atoms with Gasteiger partial charge in [-0.1, -0.05) is 17.7 Å². The second-order valence-corrected chi connectivity index (χ2v) is 5.23. The molecule has 3 nitrogen and oxygen atoms in total. The van der Waals surface area contributed by atoms with Crippen LogP contribution in [-0.2, 0) is 0 Å². The molecule has 0 radical (unpaired) electrons. The summed E-state index contributed by atoms with van der Waals surface area (Å²) in [5, 5.41) is 0. The van der Waals surface area contributed by atoms with Crippen LogP contribution < -0.4 is 10.6 Å². The molecule has 104 valence electrons. The molecule has 0 heterocycles. The van der Waals surface area contributed by atoms with Crippen molar-refractivity contribution in [2.75, 3.05) is 17.7 Å². The Hall–Kier alpha value is -2.29. The number of amides is 1. The van der Waals surface area contributed by atoms with E-state index in [0.29, 0.717) is 5.69 Å². The minimum Gasteiger partial charge on any atom is -0.399 e. The highest BCUT2D eigenvalue weighted by atomic mass is 16.2. The summed E-state index contributed by atoms with van der Waals surface area (Å²) in [7, 11) is 1.78. The van der Waals surface area contributed by atoms with Gasteiger partial charge < -0.3 is 10.6 Å². The number of carbonyl (C=O) groups is 1. The van der Waals surface area contributed by atoms with E-state index >= 15 is 0 Å². The van der Waals surface area contributed by atoms with E-state index < -0.39 is 0 Å². The first kappa shape index (κ1) is 14.1. The maximum absolute atomic E-state index is 12.7. The van der Waals surface area contributed by atoms with Gasteiger partial charge in [-0.25, -0.2) is 0 Å². The summed E-state index contributed by atoms with van der Waals surface area (Å²) in [6, 6.07) is 11.4. The Morgan fingerprint density at radius 3 is 2.00 bits per heavy atom. The summed E-state index contributed by atoms with van der Waals surface area (Å²) in [6.07, 6.45) is 0. The van der Waals surface area contributed by atoms with Gasteiger partial charge in [-0.15, -0.1) is 0 Å². The molecule has 3 heteroatoms. The highest BCUT2D eigenvalue weighted by molar-refractivity contribution is 6.07. The Kier molecular flexibility index (Phi) is 3.79. The van der Waals surface area contributed by atoms with E-state index in [1.165, 1.54) is 5.56 Å². The van der Waals surface area contributed by atoms with Crippen LogP contribution in [0.15, 0.2) is 36.4 Å². The number of carbonyl (C=O) groups excluding carboxylic acids is 1. The minimum atomic E-state index is 0.00442. The monoisotopic (exact) mass is 268 g/mol. The number of hydrogen-bond acceptors (Lipinski definition) is 2. The van der Waals surface area contributed by atoms with Crippen molar-refractivity contribution in [3.8, 4) is 0 Å². The SMILES string of the molecule is Cc1cc(C)c(C(=O)N(C)c2ccc(N)cc2)c(C)c1. The zero-order valence-electron chi connectivity index (χ0n) is 12.4. The number of anilines is 2. The van der Waals surface area contributed by atoms with Crippen molar-refractivity contribution in [1.82, 2.24) is 0 Å². The predicted octanol–water partition coefficient (Wildman–Crippen LogP) is 3.47. The van der Waals surface area contributed by atoms with Gasteiger partial charge in [-0.3, -0.25) is 4.79 Å². The molecule has 0 aliphatic rings. The maximum Gasteiger partial charge on any atom is 0.258 e. The lowest BCUT2D eigenvalue weighted by atomic mass is 9.98. The third-order valence-electron chi connectivity index (χ3n) is 3.48. The highest BCUT2D eigenvalue weighted by Crippen LogP contribution is 2.22. The van der Waals surface area contributed by atoms with Crippen LogP contribution in [0.2, 0.25) is 0 Å². The fourth-order valence-electron chi connectivity index (χ4n) is 2.50. The Morgan fingerprint density at radius 1 is 1.00 bits per heavy atom. The van der Waals surface area contributed by atoms with Crippen LogP contribution in [0.4, 0.5) is 11.4 Å². The summed E-state index contributed by atoms with van der Waals surface area (Å²) >= 11 is 0. The number of aryl methyl sites for hydroxylation is 3. The summed E-state index contributed by atoms with van der Waals surface area (Å²) in [5.41, 5.74) is 11.2. The van der Waals surface area contributed by atoms with Gasteiger partial charge in [0.2, 0.25) is 0 Å². The van der Waals surface area contributed by atoms with Gasteiger partial charge in [0.25, 0.3) is 5.91 Å². The van der Waals surface area contributed by atoms with Crippen molar-refractivity contribution in [2.45, 2.75) is 20.8 Å². The van der Waals surface area contributed by atoms with E-state index in [1.807, 2.05) is 45.0 Å². The van der Waals surface area contributed by atoms with Crippen LogP contribution >= 0.6 is 0 Å². The van der Waals surface area contributed by atoms with Crippen LogP contribution in [0.3, 0.4) is 0 Å². The molecule has 0 saturated heterocycles. The van der Waals surface area contributed by atoms with Gasteiger partial charge in [0.1, 0.15) is 0 Å². The number of benzene rings is 2. The summed E-state index contributed by atoms with van der Waals surface area (Å²) in [4.78, 5) is 14.3. The number of nitrogen functional groups attached to an aromatic ring is 1. The summed E-state index contributed by atoms with van der Waals surface area (Å²) in [6.45, 7) is 5.99. The fourth-order valence-corrected chi connectivity index (χ4v) is 2.50. The summed E-state index contributed by atoms with van der Waals surface area (Å²) in [5.74, 6) is 0.00442. The van der Waals surface area contributed by atoms with E-state index in [9.17, 15) is 4.79 Å². The number of nitrogens with two attached hydrogens (primary N) is 1. The smallest absolute Gasteiger partial charge is 0.258 e. The predicted molar refractivity (Wildman–Crippen MR) is 84.2 cm³/mol. The zero-order valence-corrected chi connectivity index (χ0v) is 12.4. The lowest BCUT2D eigenvalue weighted by molar-refractivity contribution is 0.0992. The Labute approximate surface area is 120 Å². The van der Waals surface area contributed by atoms with Crippen molar-refractivity contribution >= 4 is 17.3 Å². The second kappa shape index (κ2) is 5.37. The minimum absolute atomic E-state index is 0.00442. The van der Waals surface area contributed by atoms with E-state index in [4.69, 9.17) is 5.73 Å². The van der Waals surface area contributed by atoms with E-state index in [-0.39, 0.29) is 5.91 Å². The zero-order chi connectivity index (χ0) is 14.9. The molecule has 20 heavy (non-hydrogen) atoms. The first-order valence-corrected chi connectivity index (χ1v) is 6.61. The quantitative estimate of drug-likeness (QED) is 0.848. The molecule has 1 amide bonds. The largest absolute Gasteiger partial charge is 0.399 e. The molecule has 0 fully saturated rings. The molecule has 0 aliphatic heterocycles. The van der Waals surface area contributed by atoms with Gasteiger partial charge in [0, 0.05) is 24.0 Å². The Morgan fingerprint density at radius 2 is 1.50 bits per heavy atom. The molecular weight excluding hydrogens is 248 g/mol. The van der Waals surface area contributed by atoms with Crippen molar-refractivity contribution in [3.63, 3.8) is 0 Å². The highest BCUT2D eigenvalue weighted by Gasteiger charge is 2.18. The molecule has 0 spiro atoms. The van der Waals surface area contributed by atoms with Crippen LogP contribution in [0, 0.1) is 20.8 Å². The second-order valence-electron chi connectivity index (χ2n) is 5.23. The van der Waals surface area contributed by atoms with Gasteiger partial charge in [0.05, 0.1) is 0 Å². The van der Waals surface area contributed by atoms with Crippen LogP contribution in [0.5, 0.6) is 0 Å². The first-order valence-electron chi connectivity index (χ1n) is 6.61. The van der Waals surface area contributed by atoms with E-state index in [0.717, 1.165) is 22.4 Å². The Balaban J connectivity index is 2.39. The third kappa shape index (κ3) is 2.67. The molecule has 2 N–H and O–H groups in total. The molecular formula is C17H20N2O. The number of hydrogen-bond donors (Lipinski definition) is 1. The topological polar surface area (TPSA) is 46.3 Å². The van der Waals surface area contributed by atoms with Crippen LogP contribution in [0.1, 0.15) is 27.0 Å². The lowest BCUT2D eigenvalue weighted by Crippen LogP contribution is -2.27. The van der Waals surface area contributed by atoms with Crippen LogP contribution in [-0.4, -0.2) is 13.0 Å². The Bertz CT molecular complexity index is 622. The van der Waals surface area contributed by atoms with Crippen molar-refractivity contribution in [3.05, 3.63) is 58.7 Å². The van der Waals surface area contributed by atoms with E-state index in [2.05, 4.69) is 0 Å². The summed E-state index contributed by atoms with van der Waals surface area (Å²) < 4.78 is 0. The molecule has 0 atom stereocenters. The first-order chi connectivity index (χ1) is 9.40. The van der Waals surface area contributed by atoms with Crippen molar-refractivity contribution < 1.29 is 4.79 Å². The van der Waals surface area contributed by atoms with Gasteiger partial charge >= 0.3 is 0 Å². The molecule has 0 bridgehead atoms. The average molecular weight is 268 g/mol. The molecule has 2 aromatic carbocycles. The number of rotatable bonds is 2. The molecule has 0 unspecified atom stereocenters. The van der Waals surface area contributed by atoms with Gasteiger partial charge in [-0.05, 0) is 56.2 Å².